The molecule has 0 aromatic heterocycles. The van der Waals surface area contributed by atoms with E-state index in [9.17, 15) is 5.11 Å². The summed E-state index contributed by atoms with van der Waals surface area (Å²) in [4.78, 5) is 0. The van der Waals surface area contributed by atoms with Gasteiger partial charge in [-0.25, -0.2) is 0 Å². The molecule has 25 heavy (non-hydrogen) atoms. The summed E-state index contributed by atoms with van der Waals surface area (Å²) in [6.07, 6.45) is 6.23. The topological polar surface area (TPSA) is 38.7 Å². The van der Waals surface area contributed by atoms with E-state index in [-0.39, 0.29) is 6.61 Å². The van der Waals surface area contributed by atoms with Gasteiger partial charge in [0.15, 0.2) is 0 Å². The molecule has 130 valence electrons. The van der Waals surface area contributed by atoms with Crippen LogP contribution in [0.25, 0.3) is 0 Å². The molecule has 0 bridgehead atoms. The average Bonchev–Trinajstić information content (AvgIpc) is 2.70. The quantitative estimate of drug-likeness (QED) is 0.802. The van der Waals surface area contributed by atoms with Crippen molar-refractivity contribution in [1.82, 2.24) is 0 Å². The monoisotopic (exact) mass is 354 g/mol. The molecular weight excluding hydrogens is 331 g/mol. The molecule has 0 spiro atoms. The highest BCUT2D eigenvalue weighted by Crippen LogP contribution is 2.47. The van der Waals surface area contributed by atoms with Gasteiger partial charge >= 0.3 is 0 Å². The molecule has 0 aliphatic heterocycles. The second-order valence-electron chi connectivity index (χ2n) is 5.85. The van der Waals surface area contributed by atoms with Crippen molar-refractivity contribution in [1.29, 1.82) is 0 Å². The summed E-state index contributed by atoms with van der Waals surface area (Å²) in [5, 5.41) is 13.3. The number of hydrogen-bond acceptors (Lipinski definition) is 3. The molecule has 1 aliphatic carbocycles. The van der Waals surface area contributed by atoms with Crippen LogP contribution in [-0.2, 0) is 11.3 Å². The second-order valence-corrected chi connectivity index (χ2v) is 8.13. The van der Waals surface area contributed by atoms with Gasteiger partial charge in [-0.3, -0.25) is 0 Å². The molecule has 0 radical (unpaired) electrons. The SMILES string of the molecule is COC1=CC=C(P(c2ccc(CO)cc2)c2ccc(OC)cc2)CC1. The van der Waals surface area contributed by atoms with Crippen molar-refractivity contribution in [3.05, 3.63) is 77.3 Å². The molecule has 1 aliphatic rings. The molecule has 2 aromatic carbocycles. The maximum atomic E-state index is 9.31. The Hall–Kier alpha value is -2.09. The fourth-order valence-electron chi connectivity index (χ4n) is 2.93. The molecule has 0 fully saturated rings. The predicted octanol–water partition coefficient (Wildman–Crippen LogP) is 3.83. The highest BCUT2D eigenvalue weighted by Gasteiger charge is 2.21. The first-order valence-electron chi connectivity index (χ1n) is 8.33. The van der Waals surface area contributed by atoms with Crippen molar-refractivity contribution >= 4 is 18.5 Å². The van der Waals surface area contributed by atoms with E-state index in [0.29, 0.717) is 0 Å². The molecule has 0 saturated carbocycles. The Morgan fingerprint density at radius 2 is 1.48 bits per heavy atom. The zero-order chi connectivity index (χ0) is 17.6. The number of aliphatic hydroxyl groups is 1. The van der Waals surface area contributed by atoms with Crippen LogP contribution in [0.5, 0.6) is 5.75 Å². The molecule has 1 atom stereocenters. The largest absolute Gasteiger partial charge is 0.501 e. The van der Waals surface area contributed by atoms with E-state index in [4.69, 9.17) is 9.47 Å². The van der Waals surface area contributed by atoms with Gasteiger partial charge < -0.3 is 14.6 Å². The lowest BCUT2D eigenvalue weighted by molar-refractivity contribution is 0.276. The minimum Gasteiger partial charge on any atom is -0.501 e. The minimum atomic E-state index is -0.604. The summed E-state index contributed by atoms with van der Waals surface area (Å²) in [5.41, 5.74) is 0.938. The van der Waals surface area contributed by atoms with Crippen LogP contribution in [0.2, 0.25) is 0 Å². The maximum absolute atomic E-state index is 9.31. The van der Waals surface area contributed by atoms with Crippen LogP contribution in [-0.4, -0.2) is 19.3 Å². The Labute approximate surface area is 150 Å². The maximum Gasteiger partial charge on any atom is 0.118 e. The van der Waals surface area contributed by atoms with Gasteiger partial charge in [-0.2, -0.15) is 0 Å². The van der Waals surface area contributed by atoms with Gasteiger partial charge in [-0.1, -0.05) is 42.5 Å². The fourth-order valence-corrected chi connectivity index (χ4v) is 5.34. The van der Waals surface area contributed by atoms with Crippen LogP contribution in [0, 0.1) is 0 Å². The summed E-state index contributed by atoms with van der Waals surface area (Å²) >= 11 is 0. The molecule has 2 aromatic rings. The molecular formula is C21H23O3P. The van der Waals surface area contributed by atoms with Gasteiger partial charge in [0, 0.05) is 6.42 Å². The zero-order valence-corrected chi connectivity index (χ0v) is 15.5. The first kappa shape index (κ1) is 17.7. The number of aliphatic hydroxyl groups excluding tert-OH is 1. The standard InChI is InChI=1S/C21H23O3P/c1-23-17-5-11-20(12-6-17)25(19-9-3-16(15-22)4-10-19)21-13-7-18(24-2)8-14-21/h3-7,9-13,22H,8,14-15H2,1-2H3. The number of hydrogen-bond donors (Lipinski definition) is 1. The second kappa shape index (κ2) is 8.33. The van der Waals surface area contributed by atoms with Crippen molar-refractivity contribution in [3.63, 3.8) is 0 Å². The van der Waals surface area contributed by atoms with Crippen LogP contribution < -0.4 is 15.3 Å². The van der Waals surface area contributed by atoms with E-state index in [1.54, 1.807) is 14.2 Å². The van der Waals surface area contributed by atoms with Crippen molar-refractivity contribution in [2.75, 3.05) is 14.2 Å². The highest BCUT2D eigenvalue weighted by atomic mass is 31.1. The molecule has 3 nitrogen and oxygen atoms in total. The van der Waals surface area contributed by atoms with Gasteiger partial charge in [-0.05, 0) is 54.0 Å². The third-order valence-corrected chi connectivity index (χ3v) is 6.92. The Morgan fingerprint density at radius 3 is 1.96 bits per heavy atom. The molecule has 4 heteroatoms. The highest BCUT2D eigenvalue weighted by molar-refractivity contribution is 7.76. The number of ether oxygens (including phenoxy) is 2. The summed E-state index contributed by atoms with van der Waals surface area (Å²) in [6.45, 7) is 0.0728. The van der Waals surface area contributed by atoms with E-state index >= 15 is 0 Å². The number of rotatable bonds is 6. The van der Waals surface area contributed by atoms with Crippen LogP contribution in [0.1, 0.15) is 18.4 Å². The normalized spacial score (nSPS) is 15.2. The van der Waals surface area contributed by atoms with Gasteiger partial charge in [0.25, 0.3) is 0 Å². The van der Waals surface area contributed by atoms with E-state index in [1.165, 1.54) is 15.9 Å². The van der Waals surface area contributed by atoms with E-state index in [2.05, 4.69) is 36.4 Å². The third kappa shape index (κ3) is 4.12. The number of benzene rings is 2. The van der Waals surface area contributed by atoms with Gasteiger partial charge in [0.1, 0.15) is 5.75 Å². The summed E-state index contributed by atoms with van der Waals surface area (Å²) in [7, 11) is 2.81. The average molecular weight is 354 g/mol. The van der Waals surface area contributed by atoms with Gasteiger partial charge in [0.2, 0.25) is 0 Å². The van der Waals surface area contributed by atoms with Crippen LogP contribution in [0.4, 0.5) is 0 Å². The Morgan fingerprint density at radius 1 is 0.840 bits per heavy atom. The number of allylic oxidation sites excluding steroid dienone is 4. The van der Waals surface area contributed by atoms with Crippen LogP contribution in [0.3, 0.4) is 0 Å². The first-order chi connectivity index (χ1) is 12.2. The number of methoxy groups -OCH3 is 2. The fraction of sp³-hybridized carbons (Fsp3) is 0.238. The van der Waals surface area contributed by atoms with Crippen molar-refractivity contribution < 1.29 is 14.6 Å². The zero-order valence-electron chi connectivity index (χ0n) is 14.6. The summed E-state index contributed by atoms with van der Waals surface area (Å²) in [6, 6.07) is 16.6. The predicted molar refractivity (Wildman–Crippen MR) is 104 cm³/mol. The van der Waals surface area contributed by atoms with E-state index in [1.807, 2.05) is 24.3 Å². The lowest BCUT2D eigenvalue weighted by Gasteiger charge is -2.25. The summed E-state index contributed by atoms with van der Waals surface area (Å²) < 4.78 is 10.7. The van der Waals surface area contributed by atoms with Crippen molar-refractivity contribution in [2.45, 2.75) is 19.4 Å². The molecule has 1 N–H and O–H groups in total. The van der Waals surface area contributed by atoms with Crippen molar-refractivity contribution in [2.24, 2.45) is 0 Å². The molecule has 0 heterocycles. The lowest BCUT2D eigenvalue weighted by Crippen LogP contribution is -2.14. The minimum absolute atomic E-state index is 0.0728. The lowest BCUT2D eigenvalue weighted by atomic mass is 10.1. The first-order valence-corrected chi connectivity index (χ1v) is 9.67. The van der Waals surface area contributed by atoms with Crippen LogP contribution >= 0.6 is 7.92 Å². The molecule has 1 unspecified atom stereocenters. The summed E-state index contributed by atoms with van der Waals surface area (Å²) in [5.74, 6) is 1.90. The van der Waals surface area contributed by atoms with Gasteiger partial charge in [0.05, 0.1) is 26.6 Å². The Kier molecular flexibility index (Phi) is 5.91. The molecule has 0 saturated heterocycles. The van der Waals surface area contributed by atoms with Crippen LogP contribution in [0.15, 0.2) is 71.8 Å². The Balaban J connectivity index is 2.00. The molecule has 0 amide bonds. The van der Waals surface area contributed by atoms with E-state index in [0.717, 1.165) is 29.9 Å². The smallest absolute Gasteiger partial charge is 0.118 e. The van der Waals surface area contributed by atoms with E-state index < -0.39 is 7.92 Å². The molecule has 3 rings (SSSR count). The Bertz CT molecular complexity index is 713. The van der Waals surface area contributed by atoms with Gasteiger partial charge in [-0.15, -0.1) is 0 Å². The van der Waals surface area contributed by atoms with Crippen molar-refractivity contribution in [3.8, 4) is 5.75 Å². The third-order valence-electron chi connectivity index (χ3n) is 4.35.